The van der Waals surface area contributed by atoms with Crippen molar-refractivity contribution in [2.24, 2.45) is 5.73 Å². The van der Waals surface area contributed by atoms with E-state index in [2.05, 4.69) is 17.6 Å². The summed E-state index contributed by atoms with van der Waals surface area (Å²) in [5.41, 5.74) is 5.37. The molecule has 0 unspecified atom stereocenters. The summed E-state index contributed by atoms with van der Waals surface area (Å²) in [5.74, 6) is -1.90. The second kappa shape index (κ2) is 15.3. The van der Waals surface area contributed by atoms with E-state index >= 15 is 0 Å². The molecule has 0 saturated carbocycles. The van der Waals surface area contributed by atoms with Crippen molar-refractivity contribution in [3.63, 3.8) is 0 Å². The van der Waals surface area contributed by atoms with Crippen molar-refractivity contribution in [2.45, 2.75) is 64.0 Å². The number of rotatable bonds is 16. The Morgan fingerprint density at radius 1 is 1.07 bits per heavy atom. The number of amides is 2. The molecule has 9 nitrogen and oxygen atoms in total. The maximum absolute atomic E-state index is 12.2. The first-order valence-electron chi connectivity index (χ1n) is 9.12. The van der Waals surface area contributed by atoms with Crippen molar-refractivity contribution in [1.29, 1.82) is 0 Å². The lowest BCUT2D eigenvalue weighted by atomic mass is 10.1. The van der Waals surface area contributed by atoms with Crippen LogP contribution in [0.15, 0.2) is 0 Å². The quantitative estimate of drug-likeness (QED) is 0.233. The average Bonchev–Trinajstić information content (AvgIpc) is 2.60. The van der Waals surface area contributed by atoms with Gasteiger partial charge in [-0.15, -0.1) is 0 Å². The summed E-state index contributed by atoms with van der Waals surface area (Å²) < 4.78 is 0. The Hall–Kier alpha value is -1.81. The molecule has 2 atom stereocenters. The lowest BCUT2D eigenvalue weighted by molar-refractivity contribution is -0.139. The minimum Gasteiger partial charge on any atom is -0.481 e. The molecule has 27 heavy (non-hydrogen) atoms. The molecular formula is C17H31N3O6S. The Morgan fingerprint density at radius 2 is 1.78 bits per heavy atom. The minimum absolute atomic E-state index is 0.0222. The zero-order valence-electron chi connectivity index (χ0n) is 15.7. The van der Waals surface area contributed by atoms with Gasteiger partial charge in [-0.1, -0.05) is 26.2 Å². The fraction of sp³-hybridized carbons (Fsp3) is 0.765. The maximum atomic E-state index is 12.2. The molecule has 0 aliphatic rings. The second-order valence-corrected chi connectivity index (χ2v) is 7.32. The Bertz CT molecular complexity index is 489. The van der Waals surface area contributed by atoms with Crippen LogP contribution in [-0.4, -0.2) is 64.1 Å². The molecule has 0 aromatic heterocycles. The molecule has 156 valence electrons. The van der Waals surface area contributed by atoms with Crippen molar-refractivity contribution in [3.8, 4) is 0 Å². The highest BCUT2D eigenvalue weighted by molar-refractivity contribution is 7.99. The monoisotopic (exact) mass is 405 g/mol. The van der Waals surface area contributed by atoms with E-state index in [0.717, 1.165) is 31.4 Å². The van der Waals surface area contributed by atoms with E-state index in [-0.39, 0.29) is 25.8 Å². The van der Waals surface area contributed by atoms with Gasteiger partial charge in [0, 0.05) is 18.7 Å². The largest absolute Gasteiger partial charge is 0.481 e. The summed E-state index contributed by atoms with van der Waals surface area (Å²) >= 11 is 1.54. The van der Waals surface area contributed by atoms with Gasteiger partial charge >= 0.3 is 11.9 Å². The van der Waals surface area contributed by atoms with Crippen LogP contribution in [-0.2, 0) is 19.2 Å². The number of carbonyl (C=O) groups is 4. The number of unbranched alkanes of at least 4 members (excludes halogenated alkanes) is 3. The fourth-order valence-electron chi connectivity index (χ4n) is 2.11. The normalized spacial score (nSPS) is 12.8. The molecule has 0 aromatic carbocycles. The van der Waals surface area contributed by atoms with Gasteiger partial charge in [-0.3, -0.25) is 19.2 Å². The first kappa shape index (κ1) is 25.2. The van der Waals surface area contributed by atoms with E-state index in [1.54, 1.807) is 11.8 Å². The number of hydrogen-bond acceptors (Lipinski definition) is 6. The van der Waals surface area contributed by atoms with Gasteiger partial charge in [0.2, 0.25) is 11.8 Å². The summed E-state index contributed by atoms with van der Waals surface area (Å²) in [6.45, 7) is 2.10. The van der Waals surface area contributed by atoms with Crippen molar-refractivity contribution >= 4 is 35.5 Å². The third-order valence-electron chi connectivity index (χ3n) is 3.72. The van der Waals surface area contributed by atoms with Gasteiger partial charge in [-0.05, 0) is 18.6 Å². The average molecular weight is 406 g/mol. The second-order valence-electron chi connectivity index (χ2n) is 6.17. The number of aliphatic carboxylic acids is 2. The predicted molar refractivity (Wildman–Crippen MR) is 104 cm³/mol. The molecule has 0 heterocycles. The van der Waals surface area contributed by atoms with Crippen LogP contribution in [0.1, 0.15) is 51.9 Å². The van der Waals surface area contributed by atoms with Gasteiger partial charge in [0.05, 0.1) is 6.42 Å². The van der Waals surface area contributed by atoms with Crippen LogP contribution in [0.25, 0.3) is 0 Å². The van der Waals surface area contributed by atoms with Gasteiger partial charge < -0.3 is 26.6 Å². The summed E-state index contributed by atoms with van der Waals surface area (Å²) in [6, 6.07) is -1.94. The molecule has 0 bridgehead atoms. The third-order valence-corrected chi connectivity index (χ3v) is 4.86. The molecule has 0 radical (unpaired) electrons. The van der Waals surface area contributed by atoms with Gasteiger partial charge in [0.1, 0.15) is 12.1 Å². The third kappa shape index (κ3) is 14.0. The molecular weight excluding hydrogens is 374 g/mol. The number of carboxylic acid groups (broad SMARTS) is 2. The number of thioether (sulfide) groups is 1. The standard InChI is InChI=1S/C17H31N3O6S/c1-2-3-4-5-10-27-11-13(16(24)19-9-8-15(22)23)20-14(21)7-6-12(18)17(25)26/h12-13H,2-11,18H2,1H3,(H,19,24)(H,20,21)(H,22,23)(H,25,26)/t12-,13-/m0/s1. The lowest BCUT2D eigenvalue weighted by Crippen LogP contribution is -2.49. The first-order valence-corrected chi connectivity index (χ1v) is 10.3. The Kier molecular flexibility index (Phi) is 14.2. The topological polar surface area (TPSA) is 159 Å². The van der Waals surface area contributed by atoms with Crippen LogP contribution in [0.3, 0.4) is 0 Å². The van der Waals surface area contributed by atoms with Crippen molar-refractivity contribution in [3.05, 3.63) is 0 Å². The van der Waals surface area contributed by atoms with Crippen LogP contribution in [0.4, 0.5) is 0 Å². The van der Waals surface area contributed by atoms with Crippen molar-refractivity contribution in [1.82, 2.24) is 10.6 Å². The number of carboxylic acids is 2. The van der Waals surface area contributed by atoms with E-state index in [4.69, 9.17) is 15.9 Å². The highest BCUT2D eigenvalue weighted by atomic mass is 32.2. The zero-order valence-corrected chi connectivity index (χ0v) is 16.6. The lowest BCUT2D eigenvalue weighted by Gasteiger charge is -2.18. The van der Waals surface area contributed by atoms with E-state index in [1.807, 2.05) is 0 Å². The highest BCUT2D eigenvalue weighted by Crippen LogP contribution is 2.10. The zero-order chi connectivity index (χ0) is 20.7. The van der Waals surface area contributed by atoms with E-state index in [0.29, 0.717) is 5.75 Å². The van der Waals surface area contributed by atoms with Gasteiger partial charge in [0.25, 0.3) is 0 Å². The number of nitrogens with two attached hydrogens (primary N) is 1. The molecule has 0 spiro atoms. The minimum atomic E-state index is -1.19. The van der Waals surface area contributed by atoms with E-state index in [1.165, 1.54) is 0 Å². The van der Waals surface area contributed by atoms with Crippen molar-refractivity contribution < 1.29 is 29.4 Å². The van der Waals surface area contributed by atoms with Gasteiger partial charge in [0.15, 0.2) is 0 Å². The first-order chi connectivity index (χ1) is 12.8. The van der Waals surface area contributed by atoms with Crippen LogP contribution < -0.4 is 16.4 Å². The molecule has 0 rings (SSSR count). The van der Waals surface area contributed by atoms with E-state index in [9.17, 15) is 19.2 Å². The molecule has 10 heteroatoms. The van der Waals surface area contributed by atoms with Crippen LogP contribution in [0, 0.1) is 0 Å². The number of nitrogens with one attached hydrogen (secondary N) is 2. The molecule has 0 aliphatic carbocycles. The van der Waals surface area contributed by atoms with Crippen LogP contribution in [0.2, 0.25) is 0 Å². The maximum Gasteiger partial charge on any atom is 0.320 e. The number of carbonyl (C=O) groups excluding carboxylic acids is 2. The summed E-state index contributed by atoms with van der Waals surface area (Å²) in [7, 11) is 0. The summed E-state index contributed by atoms with van der Waals surface area (Å²) in [5, 5.41) is 22.5. The SMILES string of the molecule is CCCCCCSC[C@H](NC(=O)CC[C@H](N)C(=O)O)C(=O)NCCC(=O)O. The smallest absolute Gasteiger partial charge is 0.320 e. The Morgan fingerprint density at radius 3 is 2.37 bits per heavy atom. The highest BCUT2D eigenvalue weighted by Gasteiger charge is 2.22. The molecule has 6 N–H and O–H groups in total. The van der Waals surface area contributed by atoms with Gasteiger partial charge in [-0.2, -0.15) is 11.8 Å². The summed E-state index contributed by atoms with van der Waals surface area (Å²) in [4.78, 5) is 45.5. The molecule has 0 aliphatic heterocycles. The molecule has 0 saturated heterocycles. The number of hydrogen-bond donors (Lipinski definition) is 5. The van der Waals surface area contributed by atoms with Gasteiger partial charge in [-0.25, -0.2) is 0 Å². The predicted octanol–water partition coefficient (Wildman–Crippen LogP) is 0.568. The summed E-state index contributed by atoms with van der Waals surface area (Å²) in [6.07, 6.45) is 4.08. The fourth-order valence-corrected chi connectivity index (χ4v) is 3.15. The Labute approximate surface area is 163 Å². The van der Waals surface area contributed by atoms with Crippen LogP contribution >= 0.6 is 11.8 Å². The molecule has 0 fully saturated rings. The van der Waals surface area contributed by atoms with Crippen molar-refractivity contribution in [2.75, 3.05) is 18.1 Å². The molecule has 0 aromatic rings. The van der Waals surface area contributed by atoms with Crippen LogP contribution in [0.5, 0.6) is 0 Å². The Balaban J connectivity index is 4.47. The molecule has 2 amide bonds. The van der Waals surface area contributed by atoms with E-state index < -0.39 is 35.8 Å².